The van der Waals surface area contributed by atoms with Crippen molar-refractivity contribution in [2.75, 3.05) is 0 Å². The number of aryl methyl sites for hydroxylation is 8. The zero-order valence-corrected chi connectivity index (χ0v) is 56.1. The van der Waals surface area contributed by atoms with Gasteiger partial charge in [0.1, 0.15) is 0 Å². The SMILES string of the molecule is Cc1[c-]c(C)ccc1.Cc1cccc(C)c1-c1cc(-c2ccccc2)c2ccc3c(-c4ccccc4)cc(-c4c(C)cccc4C)nc3c2n1.Cc1cccc(C)c1Br.[CH2-]CCC.[Li+].[Li+].c1ccc(-c2ccnc3c2ccc2c(-c4ccccc4)ccnc23)cc1. The molecule has 0 saturated carbocycles. The molecule has 440 valence electrons. The molecule has 14 rings (SSSR count). The van der Waals surface area contributed by atoms with E-state index < -0.39 is 0 Å². The molecule has 14 aromatic rings. The van der Waals surface area contributed by atoms with Crippen LogP contribution in [0.1, 0.15) is 64.3 Å². The maximum Gasteiger partial charge on any atom is 1.00 e. The Kier molecular flexibility index (Phi) is 24.4. The van der Waals surface area contributed by atoms with E-state index in [9.17, 15) is 0 Å². The van der Waals surface area contributed by atoms with Crippen LogP contribution in [0.25, 0.3) is 111 Å². The second-order valence-corrected chi connectivity index (χ2v) is 23.4. The largest absolute Gasteiger partial charge is 1.00 e. The number of hydrogen-bond acceptors (Lipinski definition) is 4. The number of benzene rings is 10. The first kappa shape index (κ1) is 68.4. The second kappa shape index (κ2) is 32.5. The van der Waals surface area contributed by atoms with Crippen LogP contribution < -0.4 is 37.7 Å². The maximum atomic E-state index is 5.43. The Balaban J connectivity index is 0.000000183. The average Bonchev–Trinajstić information content (AvgIpc) is 0.787. The first-order valence-electron chi connectivity index (χ1n) is 30.6. The van der Waals surface area contributed by atoms with E-state index in [1.807, 2.05) is 56.6 Å². The summed E-state index contributed by atoms with van der Waals surface area (Å²) in [6.07, 6.45) is 6.03. The van der Waals surface area contributed by atoms with Gasteiger partial charge in [0.15, 0.2) is 0 Å². The molecule has 10 aromatic carbocycles. The van der Waals surface area contributed by atoms with Gasteiger partial charge in [0.05, 0.1) is 33.5 Å². The zero-order valence-electron chi connectivity index (χ0n) is 54.5. The summed E-state index contributed by atoms with van der Waals surface area (Å²) in [6, 6.07) is 88.1. The van der Waals surface area contributed by atoms with E-state index >= 15 is 0 Å². The standard InChI is InChI=1S/C40H32N2.C24H16N2.C8H9Br.C8H9.C4H9.2Li/c1-25-13-11-14-26(2)37(25)35-23-33(29-17-7-5-8-18-29)31-21-22-32-34(30-19-9-6-10-20-30)24-36(42-40(32)39(31)41-35)38-27(3)15-12-16-28(38)4;1-3-7-17(8-4-1)19-13-15-25-23-21(19)11-12-22-20(14-16-26-24(22)23)18-9-5-2-6-10-18;1-6-4-3-5-7(2)8(6)9;1-7-4-3-5-8(2)6-7;1-3-4-2;;/h5-24H,1-4H3;1-16H;3-5H,1-2H3;3-5H,1-2H3;1,3-4H2,2H3;;/q;;;2*-1;2*+1. The number of halogens is 1. The van der Waals surface area contributed by atoms with Crippen LogP contribution in [0, 0.1) is 68.4 Å². The second-order valence-electron chi connectivity index (χ2n) is 22.6. The van der Waals surface area contributed by atoms with E-state index in [-0.39, 0.29) is 37.7 Å². The minimum atomic E-state index is 0. The molecule has 0 aliphatic heterocycles. The van der Waals surface area contributed by atoms with Crippen LogP contribution >= 0.6 is 15.9 Å². The molecule has 0 saturated heterocycles. The van der Waals surface area contributed by atoms with Gasteiger partial charge in [0.25, 0.3) is 0 Å². The number of rotatable bonds is 7. The molecular weight excluding hydrogens is 1160 g/mol. The fourth-order valence-corrected chi connectivity index (χ4v) is 11.7. The third-order valence-electron chi connectivity index (χ3n) is 16.0. The van der Waals surface area contributed by atoms with Gasteiger partial charge in [0, 0.05) is 49.5 Å². The number of hydrogen-bond donors (Lipinski definition) is 0. The number of fused-ring (bicyclic) bond motifs is 6. The maximum absolute atomic E-state index is 5.43. The number of nitrogens with zero attached hydrogens (tertiary/aromatic N) is 4. The van der Waals surface area contributed by atoms with Crippen LogP contribution in [0.2, 0.25) is 0 Å². The van der Waals surface area contributed by atoms with Crippen molar-refractivity contribution in [1.29, 1.82) is 0 Å². The number of pyridine rings is 4. The van der Waals surface area contributed by atoms with Gasteiger partial charge < -0.3 is 6.92 Å². The molecule has 0 spiro atoms. The van der Waals surface area contributed by atoms with Crippen molar-refractivity contribution < 1.29 is 37.7 Å². The summed E-state index contributed by atoms with van der Waals surface area (Å²) >= 11 is 3.48. The van der Waals surface area contributed by atoms with Gasteiger partial charge >= 0.3 is 37.7 Å². The Morgan fingerprint density at radius 1 is 0.341 bits per heavy atom. The molecular formula is C84H75BrLi2N4. The van der Waals surface area contributed by atoms with E-state index in [0.29, 0.717) is 0 Å². The smallest absolute Gasteiger partial charge is 0.343 e. The molecule has 0 amide bonds. The summed E-state index contributed by atoms with van der Waals surface area (Å²) in [5.41, 5.74) is 27.4. The van der Waals surface area contributed by atoms with Gasteiger partial charge in [-0.05, 0) is 144 Å². The molecule has 0 atom stereocenters. The molecule has 0 aliphatic carbocycles. The Morgan fingerprint density at radius 2 is 0.626 bits per heavy atom. The third-order valence-corrected chi connectivity index (χ3v) is 17.3. The molecule has 4 nitrogen and oxygen atoms in total. The summed E-state index contributed by atoms with van der Waals surface area (Å²) in [5, 5.41) is 4.47. The quantitative estimate of drug-likeness (QED) is 0.0906. The molecule has 0 fully saturated rings. The Hall–Kier alpha value is -8.49. The van der Waals surface area contributed by atoms with Crippen molar-refractivity contribution >= 4 is 59.5 Å². The zero-order chi connectivity index (χ0) is 62.4. The van der Waals surface area contributed by atoms with E-state index in [0.717, 1.165) is 61.4 Å². The normalized spacial score (nSPS) is 10.5. The average molecular weight is 1230 g/mol. The van der Waals surface area contributed by atoms with Gasteiger partial charge in [-0.2, -0.15) is 41.8 Å². The summed E-state index contributed by atoms with van der Waals surface area (Å²) in [7, 11) is 0. The Labute approximate surface area is 571 Å². The Morgan fingerprint density at radius 3 is 0.912 bits per heavy atom. The molecule has 4 heterocycles. The van der Waals surface area contributed by atoms with E-state index in [2.05, 4.69) is 300 Å². The number of aromatic nitrogens is 4. The molecule has 0 N–H and O–H groups in total. The summed E-state index contributed by atoms with van der Waals surface area (Å²) in [6.45, 7) is 22.7. The predicted octanol–water partition coefficient (Wildman–Crippen LogP) is 17.6. The van der Waals surface area contributed by atoms with Crippen molar-refractivity contribution in [2.24, 2.45) is 0 Å². The molecule has 4 aromatic heterocycles. The topological polar surface area (TPSA) is 51.6 Å². The van der Waals surface area contributed by atoms with Gasteiger partial charge in [0.2, 0.25) is 0 Å². The van der Waals surface area contributed by atoms with E-state index in [1.165, 1.54) is 111 Å². The fourth-order valence-electron chi connectivity index (χ4n) is 11.5. The van der Waals surface area contributed by atoms with Crippen molar-refractivity contribution in [3.63, 3.8) is 0 Å². The van der Waals surface area contributed by atoms with Gasteiger partial charge in [-0.1, -0.05) is 243 Å². The van der Waals surface area contributed by atoms with Crippen molar-refractivity contribution in [3.05, 3.63) is 317 Å². The van der Waals surface area contributed by atoms with E-state index in [1.54, 1.807) is 0 Å². The molecule has 91 heavy (non-hydrogen) atoms. The molecule has 0 radical (unpaired) electrons. The minimum absolute atomic E-state index is 0. The van der Waals surface area contributed by atoms with Crippen LogP contribution in [-0.4, -0.2) is 19.9 Å². The van der Waals surface area contributed by atoms with Crippen LogP contribution in [0.3, 0.4) is 0 Å². The molecule has 0 aliphatic rings. The van der Waals surface area contributed by atoms with Crippen molar-refractivity contribution in [3.8, 4) is 67.0 Å². The minimum Gasteiger partial charge on any atom is -0.343 e. The Bertz CT molecular complexity index is 4400. The monoisotopic (exact) mass is 1230 g/mol. The van der Waals surface area contributed by atoms with Crippen LogP contribution in [0.15, 0.2) is 260 Å². The van der Waals surface area contributed by atoms with E-state index in [4.69, 9.17) is 9.97 Å². The van der Waals surface area contributed by atoms with Gasteiger partial charge in [-0.3, -0.25) is 9.97 Å². The van der Waals surface area contributed by atoms with Crippen LogP contribution in [-0.2, 0) is 0 Å². The van der Waals surface area contributed by atoms with Gasteiger partial charge in [-0.25, -0.2) is 9.97 Å². The van der Waals surface area contributed by atoms with Crippen molar-refractivity contribution in [2.45, 2.75) is 75.2 Å². The molecule has 0 unspecified atom stereocenters. The predicted molar refractivity (Wildman–Crippen MR) is 384 cm³/mol. The molecule has 0 bridgehead atoms. The first-order valence-corrected chi connectivity index (χ1v) is 31.4. The van der Waals surface area contributed by atoms with Crippen molar-refractivity contribution in [1.82, 2.24) is 19.9 Å². The summed E-state index contributed by atoms with van der Waals surface area (Å²) < 4.78 is 1.23. The van der Waals surface area contributed by atoms with Crippen LogP contribution in [0.4, 0.5) is 0 Å². The first-order chi connectivity index (χ1) is 43.3. The van der Waals surface area contributed by atoms with Crippen LogP contribution in [0.5, 0.6) is 0 Å². The number of unbranched alkanes of at least 4 members (excludes halogenated alkanes) is 1. The third kappa shape index (κ3) is 16.2. The summed E-state index contributed by atoms with van der Waals surface area (Å²) in [4.78, 5) is 20.2. The van der Waals surface area contributed by atoms with Gasteiger partial charge in [-0.15, -0.1) is 0 Å². The fraction of sp³-hybridized carbons (Fsp3) is 0.131. The molecule has 7 heteroatoms. The summed E-state index contributed by atoms with van der Waals surface area (Å²) in [5.74, 6) is 0.